The summed E-state index contributed by atoms with van der Waals surface area (Å²) in [6, 6.07) is 5.81. The molecule has 1 aliphatic heterocycles. The molecule has 1 aliphatic rings. The van der Waals surface area contributed by atoms with Crippen LogP contribution in [-0.4, -0.2) is 41.8 Å². The highest BCUT2D eigenvalue weighted by atomic mass is 32.2. The highest BCUT2D eigenvalue weighted by Gasteiger charge is 2.31. The minimum absolute atomic E-state index is 0.139. The number of pyridine rings is 2. The van der Waals surface area contributed by atoms with Crippen molar-refractivity contribution in [3.05, 3.63) is 42.9 Å². The van der Waals surface area contributed by atoms with Crippen molar-refractivity contribution in [2.45, 2.75) is 25.2 Å². The molecule has 0 radical (unpaired) electrons. The van der Waals surface area contributed by atoms with E-state index in [0.717, 1.165) is 6.42 Å². The minimum atomic E-state index is -3.58. The fourth-order valence-electron chi connectivity index (χ4n) is 3.28. The van der Waals surface area contributed by atoms with Gasteiger partial charge in [-0.2, -0.15) is 4.31 Å². The van der Waals surface area contributed by atoms with E-state index in [0.29, 0.717) is 36.4 Å². The second kappa shape index (κ2) is 8.53. The summed E-state index contributed by atoms with van der Waals surface area (Å²) in [5, 5.41) is 2.62. The predicted molar refractivity (Wildman–Crippen MR) is 106 cm³/mol. The number of anilines is 2. The van der Waals surface area contributed by atoms with Crippen molar-refractivity contribution in [1.82, 2.24) is 19.7 Å². The van der Waals surface area contributed by atoms with Gasteiger partial charge in [-0.3, -0.25) is 15.8 Å². The molecule has 0 saturated carbocycles. The SMILES string of the molecule is CC1CC(C)CN(S(=O)(=O)c2ccc(NNC(=O)Nc3ccncc3)nc2)C1. The number of sulfonamides is 1. The molecule has 0 bridgehead atoms. The summed E-state index contributed by atoms with van der Waals surface area (Å²) in [4.78, 5) is 19.9. The van der Waals surface area contributed by atoms with Gasteiger partial charge >= 0.3 is 6.03 Å². The molecule has 3 N–H and O–H groups in total. The molecule has 2 unspecified atom stereocenters. The number of nitrogens with one attached hydrogen (secondary N) is 3. The third kappa shape index (κ3) is 4.96. The number of piperidine rings is 1. The molecular weight excluding hydrogens is 380 g/mol. The maximum absolute atomic E-state index is 12.8. The third-order valence-corrected chi connectivity index (χ3v) is 6.27. The average molecular weight is 404 g/mol. The van der Waals surface area contributed by atoms with Gasteiger partial charge in [0.15, 0.2) is 0 Å². The van der Waals surface area contributed by atoms with Gasteiger partial charge in [0.1, 0.15) is 10.7 Å². The number of hydrogen-bond acceptors (Lipinski definition) is 6. The van der Waals surface area contributed by atoms with Crippen LogP contribution in [0.1, 0.15) is 20.3 Å². The average Bonchev–Trinajstić information content (AvgIpc) is 2.67. The van der Waals surface area contributed by atoms with Crippen LogP contribution in [0.2, 0.25) is 0 Å². The Kier molecular flexibility index (Phi) is 6.10. The van der Waals surface area contributed by atoms with E-state index in [1.54, 1.807) is 24.5 Å². The Balaban J connectivity index is 1.59. The van der Waals surface area contributed by atoms with E-state index in [1.807, 2.05) is 0 Å². The highest BCUT2D eigenvalue weighted by Crippen LogP contribution is 2.26. The van der Waals surface area contributed by atoms with Gasteiger partial charge in [-0.1, -0.05) is 13.8 Å². The van der Waals surface area contributed by atoms with Gasteiger partial charge in [0, 0.05) is 37.4 Å². The van der Waals surface area contributed by atoms with Crippen LogP contribution in [0.3, 0.4) is 0 Å². The number of hydrazine groups is 1. The van der Waals surface area contributed by atoms with E-state index >= 15 is 0 Å². The van der Waals surface area contributed by atoms with Crippen LogP contribution in [0.15, 0.2) is 47.8 Å². The standard InChI is InChI=1S/C18H24N6O3S/c1-13-9-14(2)12-24(11-13)28(26,27)16-3-4-17(20-10-16)22-23-18(25)21-15-5-7-19-8-6-15/h3-8,10,13-14H,9,11-12H2,1-2H3,(H,20,22)(H2,19,21,23,25). The first-order chi connectivity index (χ1) is 13.3. The molecule has 3 heterocycles. The van der Waals surface area contributed by atoms with E-state index < -0.39 is 16.1 Å². The number of nitrogens with zero attached hydrogens (tertiary/aromatic N) is 3. The Labute approximate surface area is 164 Å². The van der Waals surface area contributed by atoms with Crippen molar-refractivity contribution in [3.8, 4) is 0 Å². The monoisotopic (exact) mass is 404 g/mol. The van der Waals surface area contributed by atoms with E-state index in [2.05, 4.69) is 40.0 Å². The fraction of sp³-hybridized carbons (Fsp3) is 0.389. The lowest BCUT2D eigenvalue weighted by Gasteiger charge is -2.33. The Morgan fingerprint density at radius 1 is 1.11 bits per heavy atom. The summed E-state index contributed by atoms with van der Waals surface area (Å²) < 4.78 is 27.2. The quantitative estimate of drug-likeness (QED) is 0.659. The lowest BCUT2D eigenvalue weighted by atomic mass is 9.94. The Bertz CT molecular complexity index is 895. The van der Waals surface area contributed by atoms with Crippen LogP contribution < -0.4 is 16.2 Å². The summed E-state index contributed by atoms with van der Waals surface area (Å²) in [6.07, 6.45) is 5.45. The Morgan fingerprint density at radius 3 is 2.39 bits per heavy atom. The molecule has 0 spiro atoms. The lowest BCUT2D eigenvalue weighted by molar-refractivity contribution is 0.222. The highest BCUT2D eigenvalue weighted by molar-refractivity contribution is 7.89. The van der Waals surface area contributed by atoms with Crippen molar-refractivity contribution < 1.29 is 13.2 Å². The summed E-state index contributed by atoms with van der Waals surface area (Å²) in [5.41, 5.74) is 5.67. The van der Waals surface area contributed by atoms with E-state index in [1.165, 1.54) is 22.6 Å². The molecule has 2 atom stereocenters. The molecule has 3 rings (SSSR count). The van der Waals surface area contributed by atoms with Gasteiger partial charge in [-0.15, -0.1) is 0 Å². The molecule has 2 aromatic heterocycles. The minimum Gasteiger partial charge on any atom is -0.306 e. The van der Waals surface area contributed by atoms with E-state index in [9.17, 15) is 13.2 Å². The molecule has 28 heavy (non-hydrogen) atoms. The number of carbonyl (C=O) groups is 1. The van der Waals surface area contributed by atoms with Gasteiger partial charge < -0.3 is 5.32 Å². The molecule has 1 fully saturated rings. The van der Waals surface area contributed by atoms with Crippen molar-refractivity contribution in [3.63, 3.8) is 0 Å². The third-order valence-electron chi connectivity index (χ3n) is 4.45. The zero-order chi connectivity index (χ0) is 20.1. The largest absolute Gasteiger partial charge is 0.337 e. The number of rotatable bonds is 5. The van der Waals surface area contributed by atoms with Gasteiger partial charge in [0.25, 0.3) is 0 Å². The Hall–Kier alpha value is -2.72. The molecule has 1 saturated heterocycles. The van der Waals surface area contributed by atoms with Gasteiger partial charge in [0.05, 0.1) is 0 Å². The van der Waals surface area contributed by atoms with Crippen LogP contribution in [0.4, 0.5) is 16.3 Å². The molecule has 2 amide bonds. The van der Waals surface area contributed by atoms with Crippen molar-refractivity contribution in [2.24, 2.45) is 11.8 Å². The molecule has 2 aromatic rings. The van der Waals surface area contributed by atoms with E-state index in [4.69, 9.17) is 0 Å². The summed E-state index contributed by atoms with van der Waals surface area (Å²) in [7, 11) is -3.58. The second-order valence-corrected chi connectivity index (χ2v) is 9.03. The van der Waals surface area contributed by atoms with Crippen molar-refractivity contribution in [1.29, 1.82) is 0 Å². The zero-order valence-corrected chi connectivity index (χ0v) is 16.6. The van der Waals surface area contributed by atoms with Crippen LogP contribution in [-0.2, 0) is 10.0 Å². The van der Waals surface area contributed by atoms with Gasteiger partial charge in [0.2, 0.25) is 10.0 Å². The van der Waals surface area contributed by atoms with Crippen LogP contribution in [0, 0.1) is 11.8 Å². The molecule has 10 heteroatoms. The van der Waals surface area contributed by atoms with Crippen molar-refractivity contribution >= 4 is 27.6 Å². The van der Waals surface area contributed by atoms with Gasteiger partial charge in [-0.05, 0) is 42.5 Å². The molecule has 0 aromatic carbocycles. The number of carbonyl (C=O) groups excluding carboxylic acids is 1. The van der Waals surface area contributed by atoms with Crippen LogP contribution in [0.5, 0.6) is 0 Å². The summed E-state index contributed by atoms with van der Waals surface area (Å²) in [5.74, 6) is 0.982. The number of amides is 2. The fourth-order valence-corrected chi connectivity index (χ4v) is 4.90. The maximum Gasteiger partial charge on any atom is 0.337 e. The topological polar surface area (TPSA) is 116 Å². The number of urea groups is 1. The first kappa shape index (κ1) is 20.0. The molecule has 150 valence electrons. The molecule has 0 aliphatic carbocycles. The lowest BCUT2D eigenvalue weighted by Crippen LogP contribution is -2.42. The molecule has 9 nitrogen and oxygen atoms in total. The van der Waals surface area contributed by atoms with Crippen molar-refractivity contribution in [2.75, 3.05) is 23.8 Å². The maximum atomic E-state index is 12.8. The smallest absolute Gasteiger partial charge is 0.306 e. The second-order valence-electron chi connectivity index (χ2n) is 7.09. The number of aromatic nitrogens is 2. The predicted octanol–water partition coefficient (Wildman–Crippen LogP) is 2.29. The van der Waals surface area contributed by atoms with E-state index in [-0.39, 0.29) is 4.90 Å². The van der Waals surface area contributed by atoms with Crippen LogP contribution in [0.25, 0.3) is 0 Å². The normalized spacial score (nSPS) is 20.4. The summed E-state index contributed by atoms with van der Waals surface area (Å²) in [6.45, 7) is 5.16. The molecular formula is C18H24N6O3S. The van der Waals surface area contributed by atoms with Crippen LogP contribution >= 0.6 is 0 Å². The first-order valence-electron chi connectivity index (χ1n) is 9.04. The summed E-state index contributed by atoms with van der Waals surface area (Å²) >= 11 is 0. The Morgan fingerprint density at radius 2 is 1.79 bits per heavy atom. The van der Waals surface area contributed by atoms with Gasteiger partial charge in [-0.25, -0.2) is 18.2 Å². The zero-order valence-electron chi connectivity index (χ0n) is 15.8. The first-order valence-corrected chi connectivity index (χ1v) is 10.5. The number of hydrogen-bond donors (Lipinski definition) is 3.